The molecule has 1 saturated heterocycles. The van der Waals surface area contributed by atoms with Gasteiger partial charge in [-0.05, 0) is 18.7 Å². The summed E-state index contributed by atoms with van der Waals surface area (Å²) in [5, 5.41) is 2.91. The first-order valence-corrected chi connectivity index (χ1v) is 6.44. The first-order valence-electron chi connectivity index (χ1n) is 6.44. The van der Waals surface area contributed by atoms with Crippen LogP contribution >= 0.6 is 0 Å². The Morgan fingerprint density at radius 2 is 2.11 bits per heavy atom. The number of hydrogen-bond acceptors (Lipinski definition) is 3. The van der Waals surface area contributed by atoms with Crippen molar-refractivity contribution in [1.29, 1.82) is 0 Å². The number of carbonyl (C=O) groups is 1. The number of urea groups is 1. The van der Waals surface area contributed by atoms with E-state index in [9.17, 15) is 4.79 Å². The highest BCUT2D eigenvalue weighted by molar-refractivity contribution is 5.74. The van der Waals surface area contributed by atoms with Crippen molar-refractivity contribution in [1.82, 2.24) is 20.1 Å². The summed E-state index contributed by atoms with van der Waals surface area (Å²) in [6.07, 6.45) is 1.74. The molecule has 5 nitrogen and oxygen atoms in total. The normalized spacial score (nSPS) is 16.6. The Morgan fingerprint density at radius 1 is 1.33 bits per heavy atom. The number of carbonyl (C=O) groups excluding carboxylic acids is 1. The Bertz CT molecular complexity index is 374. The molecule has 1 aromatic rings. The Hall–Kier alpha value is -1.62. The quantitative estimate of drug-likeness (QED) is 0.865. The molecule has 0 bridgehead atoms. The molecular weight excluding hydrogens is 228 g/mol. The van der Waals surface area contributed by atoms with Gasteiger partial charge in [0, 0.05) is 32.4 Å². The van der Waals surface area contributed by atoms with Crippen molar-refractivity contribution < 1.29 is 4.79 Å². The summed E-state index contributed by atoms with van der Waals surface area (Å²) >= 11 is 0. The van der Waals surface area contributed by atoms with Crippen molar-refractivity contribution in [3.8, 4) is 0 Å². The molecule has 2 heterocycles. The number of likely N-dealkylation sites (N-methyl/N-ethyl adjacent to an activating group) is 1. The largest absolute Gasteiger partial charge is 0.332 e. The van der Waals surface area contributed by atoms with Gasteiger partial charge in [-0.25, -0.2) is 4.79 Å². The van der Waals surface area contributed by atoms with Gasteiger partial charge in [-0.1, -0.05) is 13.0 Å². The minimum absolute atomic E-state index is 0.0106. The highest BCUT2D eigenvalue weighted by Gasteiger charge is 2.19. The van der Waals surface area contributed by atoms with Crippen LogP contribution in [0, 0.1) is 0 Å². The first-order chi connectivity index (χ1) is 8.79. The Balaban J connectivity index is 1.75. The number of nitrogens with zero attached hydrogens (tertiary/aromatic N) is 3. The van der Waals surface area contributed by atoms with Gasteiger partial charge in [0.25, 0.3) is 0 Å². The van der Waals surface area contributed by atoms with Gasteiger partial charge in [0.2, 0.25) is 0 Å². The fourth-order valence-corrected chi connectivity index (χ4v) is 2.05. The summed E-state index contributed by atoms with van der Waals surface area (Å²) < 4.78 is 0. The summed E-state index contributed by atoms with van der Waals surface area (Å²) in [5.41, 5.74) is 0.887. The van der Waals surface area contributed by atoms with E-state index in [-0.39, 0.29) is 6.03 Å². The fourth-order valence-electron chi connectivity index (χ4n) is 2.05. The van der Waals surface area contributed by atoms with Crippen molar-refractivity contribution in [3.63, 3.8) is 0 Å². The van der Waals surface area contributed by atoms with Gasteiger partial charge in [-0.15, -0.1) is 0 Å². The molecule has 0 aliphatic carbocycles. The Kier molecular flexibility index (Phi) is 4.52. The molecule has 98 valence electrons. The molecule has 1 aliphatic heterocycles. The molecule has 2 amide bonds. The van der Waals surface area contributed by atoms with Gasteiger partial charge in [-0.2, -0.15) is 0 Å². The van der Waals surface area contributed by atoms with E-state index in [1.54, 1.807) is 6.20 Å². The van der Waals surface area contributed by atoms with Gasteiger partial charge in [0.05, 0.1) is 12.2 Å². The molecule has 0 atom stereocenters. The van der Waals surface area contributed by atoms with Crippen LogP contribution in [-0.4, -0.2) is 53.5 Å². The maximum atomic E-state index is 11.9. The number of rotatable bonds is 3. The van der Waals surface area contributed by atoms with E-state index in [1.807, 2.05) is 23.1 Å². The predicted octanol–water partition coefficient (Wildman–Crippen LogP) is 0.929. The highest BCUT2D eigenvalue weighted by Crippen LogP contribution is 2.02. The highest BCUT2D eigenvalue weighted by atomic mass is 16.2. The van der Waals surface area contributed by atoms with Crippen molar-refractivity contribution in [2.45, 2.75) is 13.5 Å². The lowest BCUT2D eigenvalue weighted by Gasteiger charge is -2.33. The molecule has 0 radical (unpaired) electrons. The zero-order valence-corrected chi connectivity index (χ0v) is 10.8. The Morgan fingerprint density at radius 3 is 2.72 bits per heavy atom. The van der Waals surface area contributed by atoms with Gasteiger partial charge >= 0.3 is 6.03 Å². The number of piperazine rings is 1. The van der Waals surface area contributed by atoms with E-state index in [0.717, 1.165) is 38.4 Å². The van der Waals surface area contributed by atoms with Crippen LogP contribution in [-0.2, 0) is 6.54 Å². The topological polar surface area (TPSA) is 48.5 Å². The second-order valence-electron chi connectivity index (χ2n) is 4.40. The van der Waals surface area contributed by atoms with Crippen molar-refractivity contribution >= 4 is 6.03 Å². The van der Waals surface area contributed by atoms with E-state index < -0.39 is 0 Å². The second-order valence-corrected chi connectivity index (χ2v) is 4.40. The van der Waals surface area contributed by atoms with Gasteiger partial charge in [-0.3, -0.25) is 4.98 Å². The molecule has 1 N–H and O–H groups in total. The number of aromatic nitrogens is 1. The second kappa shape index (κ2) is 6.35. The van der Waals surface area contributed by atoms with Crippen LogP contribution in [0.2, 0.25) is 0 Å². The number of amides is 2. The minimum Gasteiger partial charge on any atom is -0.332 e. The van der Waals surface area contributed by atoms with Crippen LogP contribution in [0.3, 0.4) is 0 Å². The van der Waals surface area contributed by atoms with Crippen LogP contribution in [0.4, 0.5) is 4.79 Å². The van der Waals surface area contributed by atoms with E-state index in [4.69, 9.17) is 0 Å². The lowest BCUT2D eigenvalue weighted by molar-refractivity contribution is 0.142. The maximum Gasteiger partial charge on any atom is 0.317 e. The standard InChI is InChI=1S/C13H20N4O/c1-2-16-7-9-17(10-8-16)13(18)15-11-12-5-3-4-6-14-12/h3-6H,2,7-11H2,1H3,(H,15,18). The van der Waals surface area contributed by atoms with Crippen molar-refractivity contribution in [2.75, 3.05) is 32.7 Å². The zero-order chi connectivity index (χ0) is 12.8. The van der Waals surface area contributed by atoms with Crippen LogP contribution < -0.4 is 5.32 Å². The molecule has 0 aromatic carbocycles. The summed E-state index contributed by atoms with van der Waals surface area (Å²) in [5.74, 6) is 0. The molecule has 0 unspecified atom stereocenters. The van der Waals surface area contributed by atoms with E-state index in [2.05, 4.69) is 22.1 Å². The third-order valence-corrected chi connectivity index (χ3v) is 3.25. The molecule has 1 aromatic heterocycles. The number of pyridine rings is 1. The smallest absolute Gasteiger partial charge is 0.317 e. The summed E-state index contributed by atoms with van der Waals surface area (Å²) in [7, 11) is 0. The number of nitrogens with one attached hydrogen (secondary N) is 1. The lowest BCUT2D eigenvalue weighted by atomic mass is 10.3. The minimum atomic E-state index is 0.0106. The zero-order valence-electron chi connectivity index (χ0n) is 10.8. The summed E-state index contributed by atoms with van der Waals surface area (Å²) in [6.45, 7) is 7.25. The maximum absolute atomic E-state index is 11.9. The third kappa shape index (κ3) is 3.43. The molecule has 18 heavy (non-hydrogen) atoms. The van der Waals surface area contributed by atoms with Crippen molar-refractivity contribution in [2.24, 2.45) is 0 Å². The van der Waals surface area contributed by atoms with Crippen molar-refractivity contribution in [3.05, 3.63) is 30.1 Å². The molecule has 5 heteroatoms. The van der Waals surface area contributed by atoms with E-state index in [0.29, 0.717) is 6.54 Å². The van der Waals surface area contributed by atoms with Gasteiger partial charge in [0.1, 0.15) is 0 Å². The van der Waals surface area contributed by atoms with Crippen LogP contribution in [0.1, 0.15) is 12.6 Å². The predicted molar refractivity (Wildman–Crippen MR) is 70.2 cm³/mol. The molecule has 1 aliphatic rings. The molecular formula is C13H20N4O. The average molecular weight is 248 g/mol. The Labute approximate surface area is 108 Å². The number of hydrogen-bond donors (Lipinski definition) is 1. The van der Waals surface area contributed by atoms with Crippen LogP contribution in [0.5, 0.6) is 0 Å². The van der Waals surface area contributed by atoms with Gasteiger partial charge < -0.3 is 15.1 Å². The molecule has 0 spiro atoms. The van der Waals surface area contributed by atoms with Gasteiger partial charge in [0.15, 0.2) is 0 Å². The molecule has 0 saturated carbocycles. The summed E-state index contributed by atoms with van der Waals surface area (Å²) in [6, 6.07) is 5.72. The third-order valence-electron chi connectivity index (χ3n) is 3.25. The average Bonchev–Trinajstić information content (AvgIpc) is 2.46. The SMILES string of the molecule is CCN1CCN(C(=O)NCc2ccccn2)CC1. The summed E-state index contributed by atoms with van der Waals surface area (Å²) in [4.78, 5) is 20.3. The lowest BCUT2D eigenvalue weighted by Crippen LogP contribution is -2.51. The van der Waals surface area contributed by atoms with E-state index in [1.165, 1.54) is 0 Å². The fraction of sp³-hybridized carbons (Fsp3) is 0.538. The monoisotopic (exact) mass is 248 g/mol. The molecule has 2 rings (SSSR count). The first kappa shape index (κ1) is 12.8. The van der Waals surface area contributed by atoms with E-state index >= 15 is 0 Å². The molecule has 1 fully saturated rings. The van der Waals surface area contributed by atoms with Crippen LogP contribution in [0.15, 0.2) is 24.4 Å². The van der Waals surface area contributed by atoms with Crippen LogP contribution in [0.25, 0.3) is 0 Å².